The maximum absolute atomic E-state index is 2.31. The van der Waals surface area contributed by atoms with Gasteiger partial charge in [-0.3, -0.25) is 0 Å². The van der Waals surface area contributed by atoms with Gasteiger partial charge in [0.2, 0.25) is 0 Å². The molecule has 3 heteroatoms. The van der Waals surface area contributed by atoms with Crippen molar-refractivity contribution in [1.82, 2.24) is 7.71 Å². The predicted molar refractivity (Wildman–Crippen MR) is 35.9 cm³/mol. The van der Waals surface area contributed by atoms with Gasteiger partial charge >= 0.3 is 51.8 Å². The standard InChI is InChI=1S/C4H14GeN2/c1-6(2)5-7(3)4/h5H2,1-4H3. The van der Waals surface area contributed by atoms with E-state index in [4.69, 9.17) is 0 Å². The van der Waals surface area contributed by atoms with Crippen LogP contribution >= 0.6 is 0 Å². The molecule has 0 aliphatic rings. The molecule has 0 aromatic rings. The van der Waals surface area contributed by atoms with Crippen LogP contribution in [0, 0.1) is 0 Å². The Balaban J connectivity index is 2.95. The van der Waals surface area contributed by atoms with E-state index in [-0.39, 0.29) is 0 Å². The second-order valence-electron chi connectivity index (χ2n) is 2.30. The number of nitrogens with zero attached hydrogens (tertiary/aromatic N) is 2. The molecule has 0 amide bonds. The Morgan fingerprint density at radius 3 is 1.14 bits per heavy atom. The first-order valence-corrected chi connectivity index (χ1v) is 5.08. The molecule has 0 heterocycles. The summed E-state index contributed by atoms with van der Waals surface area (Å²) in [5.41, 5.74) is 0. The van der Waals surface area contributed by atoms with Crippen LogP contribution in [0.5, 0.6) is 0 Å². The number of hydrogen-bond acceptors (Lipinski definition) is 2. The van der Waals surface area contributed by atoms with Gasteiger partial charge in [0.1, 0.15) is 0 Å². The quantitative estimate of drug-likeness (QED) is 0.487. The topological polar surface area (TPSA) is 6.48 Å². The van der Waals surface area contributed by atoms with Crippen molar-refractivity contribution in [1.29, 1.82) is 0 Å². The van der Waals surface area contributed by atoms with Crippen molar-refractivity contribution in [2.75, 3.05) is 28.2 Å². The molecule has 0 aliphatic carbocycles. The second-order valence-corrected chi connectivity index (χ2v) is 8.20. The molecule has 44 valence electrons. The Kier molecular flexibility index (Phi) is 3.69. The average Bonchev–Trinajstić information content (AvgIpc) is 1.27. The van der Waals surface area contributed by atoms with Crippen molar-refractivity contribution in [2.24, 2.45) is 0 Å². The fourth-order valence-electron chi connectivity index (χ4n) is 0.566. The van der Waals surface area contributed by atoms with Crippen LogP contribution in [0.2, 0.25) is 0 Å². The molecule has 0 aromatic heterocycles. The van der Waals surface area contributed by atoms with Crippen LogP contribution in [0.4, 0.5) is 0 Å². The van der Waals surface area contributed by atoms with E-state index in [2.05, 4.69) is 35.9 Å². The van der Waals surface area contributed by atoms with Gasteiger partial charge < -0.3 is 0 Å². The summed E-state index contributed by atoms with van der Waals surface area (Å²) in [4.78, 5) is 0. The van der Waals surface area contributed by atoms with E-state index in [1.807, 2.05) is 0 Å². The Morgan fingerprint density at radius 1 is 0.857 bits per heavy atom. The summed E-state index contributed by atoms with van der Waals surface area (Å²) in [5, 5.41) is 0. The van der Waals surface area contributed by atoms with E-state index in [0.29, 0.717) is 0 Å². The van der Waals surface area contributed by atoms with Crippen molar-refractivity contribution >= 4 is 15.9 Å². The first-order valence-electron chi connectivity index (χ1n) is 2.42. The van der Waals surface area contributed by atoms with Crippen LogP contribution in [-0.2, 0) is 0 Å². The molecular formula is C4H14GeN2. The minimum atomic E-state index is -0.431. The molecule has 0 atom stereocenters. The summed E-state index contributed by atoms with van der Waals surface area (Å²) >= 11 is -0.431. The molecule has 0 unspecified atom stereocenters. The summed E-state index contributed by atoms with van der Waals surface area (Å²) in [7, 11) is 8.56. The molecule has 0 aliphatic heterocycles. The fraction of sp³-hybridized carbons (Fsp3) is 1.00. The average molecular weight is 163 g/mol. The van der Waals surface area contributed by atoms with Crippen LogP contribution in [-0.4, -0.2) is 51.8 Å². The number of hydrogen-bond donors (Lipinski definition) is 0. The van der Waals surface area contributed by atoms with Gasteiger partial charge in [0, 0.05) is 0 Å². The Morgan fingerprint density at radius 2 is 1.14 bits per heavy atom. The van der Waals surface area contributed by atoms with Crippen LogP contribution in [0.3, 0.4) is 0 Å². The van der Waals surface area contributed by atoms with Crippen LogP contribution in [0.15, 0.2) is 0 Å². The molecule has 0 saturated heterocycles. The Hall–Kier alpha value is 0.463. The predicted octanol–water partition coefficient (Wildman–Crippen LogP) is -0.892. The molecule has 0 N–H and O–H groups in total. The SMILES string of the molecule is C[N](C)[GeH2][N](C)C. The van der Waals surface area contributed by atoms with Gasteiger partial charge in [0.05, 0.1) is 0 Å². The fourth-order valence-corrected chi connectivity index (χ4v) is 2.94. The van der Waals surface area contributed by atoms with E-state index >= 15 is 0 Å². The second kappa shape index (κ2) is 3.46. The number of rotatable bonds is 2. The van der Waals surface area contributed by atoms with E-state index in [0.717, 1.165) is 0 Å². The van der Waals surface area contributed by atoms with Gasteiger partial charge in [0.15, 0.2) is 0 Å². The third kappa shape index (κ3) is 6.46. The first kappa shape index (κ1) is 7.46. The zero-order valence-corrected chi connectivity index (χ0v) is 8.57. The monoisotopic (exact) mass is 164 g/mol. The summed E-state index contributed by atoms with van der Waals surface area (Å²) in [6.45, 7) is 0. The van der Waals surface area contributed by atoms with E-state index in [1.54, 1.807) is 0 Å². The third-order valence-electron chi connectivity index (χ3n) is 0.566. The van der Waals surface area contributed by atoms with Crippen molar-refractivity contribution in [3.63, 3.8) is 0 Å². The normalized spacial score (nSPS) is 11.1. The molecule has 0 saturated carbocycles. The molecule has 0 radical (unpaired) electrons. The first-order chi connectivity index (χ1) is 3.13. The molecule has 0 fully saturated rings. The zero-order chi connectivity index (χ0) is 5.86. The van der Waals surface area contributed by atoms with Crippen LogP contribution in [0.1, 0.15) is 0 Å². The van der Waals surface area contributed by atoms with Gasteiger partial charge in [-0.25, -0.2) is 0 Å². The van der Waals surface area contributed by atoms with E-state index in [9.17, 15) is 0 Å². The summed E-state index contributed by atoms with van der Waals surface area (Å²) in [6, 6.07) is 0. The van der Waals surface area contributed by atoms with Crippen LogP contribution in [0.25, 0.3) is 0 Å². The van der Waals surface area contributed by atoms with Crippen molar-refractivity contribution < 1.29 is 0 Å². The van der Waals surface area contributed by atoms with E-state index in [1.165, 1.54) is 0 Å². The van der Waals surface area contributed by atoms with Gasteiger partial charge in [-0.2, -0.15) is 0 Å². The Labute approximate surface area is 52.4 Å². The van der Waals surface area contributed by atoms with Gasteiger partial charge in [0.25, 0.3) is 0 Å². The molecule has 0 bridgehead atoms. The summed E-state index contributed by atoms with van der Waals surface area (Å²) in [5.74, 6) is 0. The molecule has 0 spiro atoms. The molecule has 0 aromatic carbocycles. The van der Waals surface area contributed by atoms with Crippen molar-refractivity contribution in [2.45, 2.75) is 0 Å². The van der Waals surface area contributed by atoms with Crippen molar-refractivity contribution in [3.05, 3.63) is 0 Å². The third-order valence-corrected chi connectivity index (χ3v) is 2.94. The Bertz CT molecular complexity index is 39.0. The van der Waals surface area contributed by atoms with Gasteiger partial charge in [-0.05, 0) is 0 Å². The van der Waals surface area contributed by atoms with Gasteiger partial charge in [-0.1, -0.05) is 0 Å². The van der Waals surface area contributed by atoms with Crippen LogP contribution < -0.4 is 0 Å². The molecular weight excluding hydrogens is 149 g/mol. The molecule has 7 heavy (non-hydrogen) atoms. The van der Waals surface area contributed by atoms with Crippen molar-refractivity contribution in [3.8, 4) is 0 Å². The maximum atomic E-state index is 2.31. The van der Waals surface area contributed by atoms with E-state index < -0.39 is 15.9 Å². The zero-order valence-electron chi connectivity index (χ0n) is 5.60. The molecule has 0 rings (SSSR count). The van der Waals surface area contributed by atoms with Gasteiger partial charge in [-0.15, -0.1) is 0 Å². The summed E-state index contributed by atoms with van der Waals surface area (Å²) in [6.07, 6.45) is 0. The minimum absolute atomic E-state index is 0.431. The summed E-state index contributed by atoms with van der Waals surface area (Å²) < 4.78 is 4.62. The molecule has 2 nitrogen and oxygen atoms in total.